The van der Waals surface area contributed by atoms with Crippen LogP contribution < -0.4 is 19.7 Å². The van der Waals surface area contributed by atoms with Crippen LogP contribution in [0, 0.1) is 0 Å². The zero-order valence-electron chi connectivity index (χ0n) is 13.5. The summed E-state index contributed by atoms with van der Waals surface area (Å²) in [6, 6.07) is 5.30. The van der Waals surface area contributed by atoms with E-state index < -0.39 is 0 Å². The largest absolute Gasteiger partial charge is 0.454 e. The minimum atomic E-state index is -0.129. The minimum absolute atomic E-state index is 0.0897. The van der Waals surface area contributed by atoms with E-state index in [4.69, 9.17) is 14.2 Å². The third-order valence-corrected chi connectivity index (χ3v) is 3.46. The molecule has 1 aromatic carbocycles. The molecule has 0 saturated heterocycles. The fraction of sp³-hybridized carbons (Fsp3) is 0.500. The van der Waals surface area contributed by atoms with Crippen molar-refractivity contribution in [2.24, 2.45) is 0 Å². The van der Waals surface area contributed by atoms with Crippen molar-refractivity contribution in [3.8, 4) is 11.5 Å². The Bertz CT molecular complexity index is 561. The van der Waals surface area contributed by atoms with E-state index in [1.807, 2.05) is 0 Å². The van der Waals surface area contributed by atoms with Gasteiger partial charge in [-0.2, -0.15) is 0 Å². The monoisotopic (exact) mass is 322 g/mol. The first kappa shape index (κ1) is 17.1. The first-order valence-corrected chi connectivity index (χ1v) is 7.55. The normalized spacial score (nSPS) is 12.1. The quantitative estimate of drug-likeness (QED) is 0.730. The molecule has 0 bridgehead atoms. The van der Waals surface area contributed by atoms with E-state index in [-0.39, 0.29) is 25.0 Å². The number of rotatable bonds is 8. The SMILES string of the molecule is COCCCNC(=O)CCN(C(C)=O)c1ccc2c(c1)OCO2. The van der Waals surface area contributed by atoms with Crippen molar-refractivity contribution in [3.05, 3.63) is 18.2 Å². The van der Waals surface area contributed by atoms with E-state index in [9.17, 15) is 9.59 Å². The molecule has 1 aliphatic rings. The van der Waals surface area contributed by atoms with Crippen molar-refractivity contribution in [3.63, 3.8) is 0 Å². The molecular weight excluding hydrogens is 300 g/mol. The van der Waals surface area contributed by atoms with Gasteiger partial charge in [-0.05, 0) is 18.6 Å². The van der Waals surface area contributed by atoms with Crippen LogP contribution in [0.2, 0.25) is 0 Å². The minimum Gasteiger partial charge on any atom is -0.454 e. The predicted octanol–water partition coefficient (Wildman–Crippen LogP) is 1.31. The Morgan fingerprint density at radius 1 is 1.30 bits per heavy atom. The van der Waals surface area contributed by atoms with Crippen molar-refractivity contribution in [2.75, 3.05) is 38.5 Å². The molecule has 0 atom stereocenters. The number of methoxy groups -OCH3 is 1. The van der Waals surface area contributed by atoms with Crippen LogP contribution in [-0.4, -0.2) is 45.4 Å². The molecule has 7 heteroatoms. The van der Waals surface area contributed by atoms with E-state index in [1.54, 1.807) is 30.2 Å². The molecule has 1 aromatic rings. The average molecular weight is 322 g/mol. The lowest BCUT2D eigenvalue weighted by Gasteiger charge is -2.21. The molecular formula is C16H22N2O5. The number of nitrogens with one attached hydrogen (secondary N) is 1. The average Bonchev–Trinajstić information content (AvgIpc) is 2.99. The van der Waals surface area contributed by atoms with Crippen LogP contribution in [0.5, 0.6) is 11.5 Å². The summed E-state index contributed by atoms with van der Waals surface area (Å²) < 4.78 is 15.5. The van der Waals surface area contributed by atoms with Gasteiger partial charge >= 0.3 is 0 Å². The number of fused-ring (bicyclic) bond motifs is 1. The van der Waals surface area contributed by atoms with Crippen molar-refractivity contribution in [1.82, 2.24) is 5.32 Å². The van der Waals surface area contributed by atoms with E-state index in [1.165, 1.54) is 6.92 Å². The summed E-state index contributed by atoms with van der Waals surface area (Å²) in [5.41, 5.74) is 0.689. The van der Waals surface area contributed by atoms with E-state index in [0.717, 1.165) is 6.42 Å². The molecule has 0 spiro atoms. The van der Waals surface area contributed by atoms with Gasteiger partial charge < -0.3 is 24.4 Å². The number of benzene rings is 1. The summed E-state index contributed by atoms with van der Waals surface area (Å²) >= 11 is 0. The molecule has 2 rings (SSSR count). The highest BCUT2D eigenvalue weighted by Gasteiger charge is 2.18. The number of carbonyl (C=O) groups is 2. The van der Waals surface area contributed by atoms with Crippen molar-refractivity contribution < 1.29 is 23.8 Å². The standard InChI is InChI=1S/C16H22N2O5/c1-12(19)18(8-6-16(20)17-7-3-9-21-2)13-4-5-14-15(10-13)23-11-22-14/h4-5,10H,3,6-9,11H2,1-2H3,(H,17,20). The summed E-state index contributed by atoms with van der Waals surface area (Å²) in [7, 11) is 1.62. The Balaban J connectivity index is 1.89. The van der Waals surface area contributed by atoms with Gasteiger partial charge in [0, 0.05) is 51.9 Å². The Kier molecular flexibility index (Phi) is 6.22. The molecule has 0 radical (unpaired) electrons. The van der Waals surface area contributed by atoms with Gasteiger partial charge in [0.1, 0.15) is 0 Å². The molecule has 0 fully saturated rings. The van der Waals surface area contributed by atoms with Gasteiger partial charge in [-0.15, -0.1) is 0 Å². The van der Waals surface area contributed by atoms with Crippen molar-refractivity contribution >= 4 is 17.5 Å². The van der Waals surface area contributed by atoms with Crippen LogP contribution in [0.1, 0.15) is 19.8 Å². The Morgan fingerprint density at radius 3 is 2.83 bits per heavy atom. The highest BCUT2D eigenvalue weighted by atomic mass is 16.7. The first-order chi connectivity index (χ1) is 11.1. The Morgan fingerprint density at radius 2 is 2.09 bits per heavy atom. The number of amides is 2. The molecule has 2 amide bonds. The Labute approximate surface area is 135 Å². The second kappa shape index (κ2) is 8.38. The number of nitrogens with zero attached hydrogens (tertiary/aromatic N) is 1. The van der Waals surface area contributed by atoms with Crippen LogP contribution in [0.3, 0.4) is 0 Å². The summed E-state index contributed by atoms with van der Waals surface area (Å²) in [4.78, 5) is 25.2. The predicted molar refractivity (Wildman–Crippen MR) is 84.7 cm³/mol. The summed E-state index contributed by atoms with van der Waals surface area (Å²) in [6.45, 7) is 3.14. The second-order valence-corrected chi connectivity index (χ2v) is 5.15. The maximum Gasteiger partial charge on any atom is 0.231 e. The van der Waals surface area contributed by atoms with Crippen molar-refractivity contribution in [1.29, 1.82) is 0 Å². The first-order valence-electron chi connectivity index (χ1n) is 7.55. The smallest absolute Gasteiger partial charge is 0.231 e. The topological polar surface area (TPSA) is 77.1 Å². The Hall–Kier alpha value is -2.28. The van der Waals surface area contributed by atoms with E-state index in [2.05, 4.69) is 5.32 Å². The molecule has 23 heavy (non-hydrogen) atoms. The molecule has 1 aliphatic heterocycles. The van der Waals surface area contributed by atoms with Crippen LogP contribution >= 0.6 is 0 Å². The maximum atomic E-state index is 11.9. The summed E-state index contributed by atoms with van der Waals surface area (Å²) in [6.07, 6.45) is 1.00. The van der Waals surface area contributed by atoms with Gasteiger partial charge in [0.25, 0.3) is 0 Å². The number of hydrogen-bond donors (Lipinski definition) is 1. The molecule has 0 aliphatic carbocycles. The molecule has 126 valence electrons. The van der Waals surface area contributed by atoms with Gasteiger partial charge in [0.15, 0.2) is 11.5 Å². The molecule has 0 unspecified atom stereocenters. The molecule has 7 nitrogen and oxygen atoms in total. The lowest BCUT2D eigenvalue weighted by molar-refractivity contribution is -0.121. The highest BCUT2D eigenvalue weighted by molar-refractivity contribution is 5.92. The van der Waals surface area contributed by atoms with E-state index in [0.29, 0.717) is 36.9 Å². The number of ether oxygens (including phenoxy) is 3. The van der Waals surface area contributed by atoms with Crippen LogP contribution in [0.15, 0.2) is 18.2 Å². The molecule has 0 saturated carbocycles. The van der Waals surface area contributed by atoms with Gasteiger partial charge in [-0.1, -0.05) is 0 Å². The fourth-order valence-electron chi connectivity index (χ4n) is 2.27. The second-order valence-electron chi connectivity index (χ2n) is 5.15. The van der Waals surface area contributed by atoms with Gasteiger partial charge in [-0.25, -0.2) is 0 Å². The zero-order valence-corrected chi connectivity index (χ0v) is 13.5. The van der Waals surface area contributed by atoms with Crippen LogP contribution in [-0.2, 0) is 14.3 Å². The van der Waals surface area contributed by atoms with Gasteiger partial charge in [0.05, 0.1) is 0 Å². The lowest BCUT2D eigenvalue weighted by Crippen LogP contribution is -2.34. The maximum absolute atomic E-state index is 11.9. The van der Waals surface area contributed by atoms with Crippen LogP contribution in [0.4, 0.5) is 5.69 Å². The fourth-order valence-corrected chi connectivity index (χ4v) is 2.27. The van der Waals surface area contributed by atoms with Crippen LogP contribution in [0.25, 0.3) is 0 Å². The van der Waals surface area contributed by atoms with Gasteiger partial charge in [-0.3, -0.25) is 9.59 Å². The number of anilines is 1. The summed E-state index contributed by atoms with van der Waals surface area (Å²) in [5.74, 6) is 1.05. The molecule has 1 heterocycles. The van der Waals surface area contributed by atoms with Crippen molar-refractivity contribution in [2.45, 2.75) is 19.8 Å². The number of carbonyl (C=O) groups excluding carboxylic acids is 2. The van der Waals surface area contributed by atoms with Gasteiger partial charge in [0.2, 0.25) is 18.6 Å². The molecule has 0 aromatic heterocycles. The highest BCUT2D eigenvalue weighted by Crippen LogP contribution is 2.35. The zero-order chi connectivity index (χ0) is 16.7. The summed E-state index contributed by atoms with van der Waals surface area (Å²) in [5, 5.41) is 2.80. The number of hydrogen-bond acceptors (Lipinski definition) is 5. The van der Waals surface area contributed by atoms with E-state index >= 15 is 0 Å². The lowest BCUT2D eigenvalue weighted by atomic mass is 10.2. The third-order valence-electron chi connectivity index (χ3n) is 3.46. The molecule has 1 N–H and O–H groups in total. The third kappa shape index (κ3) is 4.85.